The van der Waals surface area contributed by atoms with E-state index in [9.17, 15) is 10.1 Å². The molecule has 1 aliphatic heterocycles. The molecule has 0 radical (unpaired) electrons. The van der Waals surface area contributed by atoms with E-state index in [4.69, 9.17) is 4.42 Å². The molecule has 0 unspecified atom stereocenters. The highest BCUT2D eigenvalue weighted by molar-refractivity contribution is 5.90. The zero-order chi connectivity index (χ0) is 20.5. The van der Waals surface area contributed by atoms with Crippen molar-refractivity contribution in [3.63, 3.8) is 0 Å². The first-order valence-corrected chi connectivity index (χ1v) is 10.1. The number of carbonyl (C=O) groups excluding carboxylic acids is 1. The predicted molar refractivity (Wildman–Crippen MR) is 106 cm³/mol. The number of amides is 1. The molecule has 30 heavy (non-hydrogen) atoms. The molecule has 1 saturated heterocycles. The van der Waals surface area contributed by atoms with E-state index >= 15 is 0 Å². The first-order valence-electron chi connectivity index (χ1n) is 10.1. The van der Waals surface area contributed by atoms with Gasteiger partial charge in [0.15, 0.2) is 12.0 Å². The maximum atomic E-state index is 12.7. The van der Waals surface area contributed by atoms with Gasteiger partial charge in [0.1, 0.15) is 0 Å². The fourth-order valence-electron chi connectivity index (χ4n) is 3.99. The van der Waals surface area contributed by atoms with Crippen molar-refractivity contribution in [1.82, 2.24) is 30.2 Å². The topological polar surface area (TPSA) is 113 Å². The molecule has 3 aromatic rings. The van der Waals surface area contributed by atoms with Gasteiger partial charge in [-0.1, -0.05) is 23.4 Å². The number of hydrogen-bond acceptors (Lipinski definition) is 7. The van der Waals surface area contributed by atoms with Gasteiger partial charge in [-0.2, -0.15) is 5.26 Å². The Morgan fingerprint density at radius 2 is 2.27 bits per heavy atom. The third-order valence-electron chi connectivity index (χ3n) is 5.67. The molecule has 9 heteroatoms. The molecule has 1 aliphatic carbocycles. The van der Waals surface area contributed by atoms with E-state index in [1.54, 1.807) is 28.2 Å². The van der Waals surface area contributed by atoms with Gasteiger partial charge in [0, 0.05) is 24.3 Å². The smallest absolute Gasteiger partial charge is 0.307 e. The molecule has 1 amide bonds. The third kappa shape index (κ3) is 3.76. The molecule has 3 heterocycles. The third-order valence-corrected chi connectivity index (χ3v) is 5.67. The monoisotopic (exact) mass is 403 g/mol. The molecule has 2 aromatic heterocycles. The van der Waals surface area contributed by atoms with Crippen molar-refractivity contribution in [3.05, 3.63) is 54.3 Å². The number of nitrogens with zero attached hydrogens (tertiary/aromatic N) is 6. The Balaban J connectivity index is 1.24. The number of likely N-dealkylation sites (tertiary alicyclic amines) is 1. The van der Waals surface area contributed by atoms with E-state index < -0.39 is 0 Å². The number of hydrogen-bond donors (Lipinski definition) is 1. The number of oxazole rings is 1. The lowest BCUT2D eigenvalue weighted by molar-refractivity contribution is 0.0904. The summed E-state index contributed by atoms with van der Waals surface area (Å²) in [5.41, 5.74) is 2.23. The van der Waals surface area contributed by atoms with Crippen LogP contribution in [0.5, 0.6) is 0 Å². The van der Waals surface area contributed by atoms with Crippen LogP contribution in [0.3, 0.4) is 0 Å². The molecule has 0 spiro atoms. The SMILES string of the molecule is N#CN1C[C@H](NC(=O)c2ncc(-c3cccc(C4CC4)c3)o2)C[C@H]1Cn1ccnn1. The van der Waals surface area contributed by atoms with Gasteiger partial charge in [-0.15, -0.1) is 5.10 Å². The molecular weight excluding hydrogens is 382 g/mol. The summed E-state index contributed by atoms with van der Waals surface area (Å²) >= 11 is 0. The summed E-state index contributed by atoms with van der Waals surface area (Å²) in [6.45, 7) is 0.985. The Hall–Kier alpha value is -3.67. The quantitative estimate of drug-likeness (QED) is 0.628. The van der Waals surface area contributed by atoms with E-state index in [2.05, 4.69) is 38.9 Å². The highest BCUT2D eigenvalue weighted by Gasteiger charge is 2.33. The van der Waals surface area contributed by atoms with Crippen LogP contribution in [0.1, 0.15) is 41.4 Å². The van der Waals surface area contributed by atoms with Crippen LogP contribution in [0.2, 0.25) is 0 Å². The summed E-state index contributed by atoms with van der Waals surface area (Å²) < 4.78 is 7.43. The van der Waals surface area contributed by atoms with Crippen LogP contribution in [0, 0.1) is 11.5 Å². The van der Waals surface area contributed by atoms with Crippen molar-refractivity contribution in [2.75, 3.05) is 6.54 Å². The molecule has 2 atom stereocenters. The first-order chi connectivity index (χ1) is 14.7. The number of rotatable bonds is 6. The summed E-state index contributed by atoms with van der Waals surface area (Å²) in [4.78, 5) is 18.5. The lowest BCUT2D eigenvalue weighted by Crippen LogP contribution is -2.36. The Labute approximate surface area is 173 Å². The second-order valence-corrected chi connectivity index (χ2v) is 7.87. The lowest BCUT2D eigenvalue weighted by Gasteiger charge is -2.16. The van der Waals surface area contributed by atoms with Crippen molar-refractivity contribution >= 4 is 5.91 Å². The van der Waals surface area contributed by atoms with Gasteiger partial charge in [-0.25, -0.2) is 4.98 Å². The first kappa shape index (κ1) is 18.4. The van der Waals surface area contributed by atoms with Crippen LogP contribution < -0.4 is 5.32 Å². The molecule has 2 fully saturated rings. The molecule has 152 valence electrons. The van der Waals surface area contributed by atoms with Crippen molar-refractivity contribution in [1.29, 1.82) is 5.26 Å². The van der Waals surface area contributed by atoms with Gasteiger partial charge >= 0.3 is 5.91 Å². The average molecular weight is 403 g/mol. The minimum absolute atomic E-state index is 0.0325. The Morgan fingerprint density at radius 3 is 3.03 bits per heavy atom. The molecule has 2 aliphatic rings. The maximum absolute atomic E-state index is 12.7. The van der Waals surface area contributed by atoms with Crippen molar-refractivity contribution in [2.24, 2.45) is 0 Å². The van der Waals surface area contributed by atoms with Gasteiger partial charge in [-0.3, -0.25) is 9.48 Å². The van der Waals surface area contributed by atoms with E-state index in [1.807, 2.05) is 12.1 Å². The molecule has 9 nitrogen and oxygen atoms in total. The van der Waals surface area contributed by atoms with Gasteiger partial charge in [0.25, 0.3) is 5.89 Å². The van der Waals surface area contributed by atoms with Crippen LogP contribution in [0.25, 0.3) is 11.3 Å². The Morgan fingerprint density at radius 1 is 1.37 bits per heavy atom. The minimum atomic E-state index is -0.371. The highest BCUT2D eigenvalue weighted by Crippen LogP contribution is 2.41. The van der Waals surface area contributed by atoms with Crippen LogP contribution in [-0.4, -0.2) is 49.4 Å². The van der Waals surface area contributed by atoms with Gasteiger partial charge < -0.3 is 14.6 Å². The van der Waals surface area contributed by atoms with Crippen LogP contribution in [0.15, 0.2) is 47.3 Å². The van der Waals surface area contributed by atoms with Crippen LogP contribution >= 0.6 is 0 Å². The number of benzene rings is 1. The molecule has 5 rings (SSSR count). The lowest BCUT2D eigenvalue weighted by atomic mass is 10.1. The van der Waals surface area contributed by atoms with Gasteiger partial charge in [-0.05, 0) is 36.8 Å². The number of aromatic nitrogens is 4. The summed E-state index contributed by atoms with van der Waals surface area (Å²) in [6.07, 6.45) is 10.2. The summed E-state index contributed by atoms with van der Waals surface area (Å²) in [6, 6.07) is 7.99. The summed E-state index contributed by atoms with van der Waals surface area (Å²) in [5.74, 6) is 0.886. The number of nitrogens with one attached hydrogen (secondary N) is 1. The molecular formula is C21H21N7O2. The van der Waals surface area contributed by atoms with Gasteiger partial charge in [0.05, 0.1) is 25.0 Å². The fourth-order valence-corrected chi connectivity index (χ4v) is 3.99. The molecule has 1 saturated carbocycles. The van der Waals surface area contributed by atoms with Crippen molar-refractivity contribution < 1.29 is 9.21 Å². The second-order valence-electron chi connectivity index (χ2n) is 7.87. The van der Waals surface area contributed by atoms with Gasteiger partial charge in [0.2, 0.25) is 0 Å². The van der Waals surface area contributed by atoms with Crippen LogP contribution in [0.4, 0.5) is 0 Å². The average Bonchev–Trinajstić information content (AvgIpc) is 3.14. The molecule has 1 N–H and O–H groups in total. The highest BCUT2D eigenvalue weighted by atomic mass is 16.4. The zero-order valence-electron chi connectivity index (χ0n) is 16.3. The normalized spacial score (nSPS) is 20.8. The number of carbonyl (C=O) groups is 1. The Bertz CT molecular complexity index is 1080. The van der Waals surface area contributed by atoms with Crippen molar-refractivity contribution in [3.8, 4) is 17.5 Å². The van der Waals surface area contributed by atoms with Crippen molar-refractivity contribution in [2.45, 2.75) is 43.8 Å². The van der Waals surface area contributed by atoms with Crippen LogP contribution in [-0.2, 0) is 6.54 Å². The fraction of sp³-hybridized carbons (Fsp3) is 0.381. The maximum Gasteiger partial charge on any atom is 0.307 e. The van der Waals surface area contributed by atoms with E-state index in [1.165, 1.54) is 18.4 Å². The largest absolute Gasteiger partial charge is 0.432 e. The van der Waals surface area contributed by atoms with E-state index in [0.29, 0.717) is 31.2 Å². The number of nitriles is 1. The standard InChI is InChI=1S/C21H21N7O2/c22-13-27-11-17(9-18(27)12-28-7-6-24-26-28)25-20(29)21-23-10-19(30-21)16-3-1-2-15(8-16)14-4-5-14/h1-3,6-8,10,14,17-18H,4-5,9,11-12H2,(H,25,29)/t17-,18+/m1/s1. The summed E-state index contributed by atoms with van der Waals surface area (Å²) in [5, 5.41) is 20.1. The second kappa shape index (κ2) is 7.63. The zero-order valence-corrected chi connectivity index (χ0v) is 16.3. The molecule has 1 aromatic carbocycles. The minimum Gasteiger partial charge on any atom is -0.432 e. The summed E-state index contributed by atoms with van der Waals surface area (Å²) in [7, 11) is 0. The Kier molecular flexibility index (Phi) is 4.67. The van der Waals surface area contributed by atoms with E-state index in [0.717, 1.165) is 5.56 Å². The molecule has 0 bridgehead atoms. The van der Waals surface area contributed by atoms with E-state index in [-0.39, 0.29) is 23.9 Å². The predicted octanol–water partition coefficient (Wildman–Crippen LogP) is 2.16.